The van der Waals surface area contributed by atoms with Crippen molar-refractivity contribution in [3.8, 4) is 22.4 Å². The number of fused-ring (bicyclic) bond motifs is 3. The van der Waals surface area contributed by atoms with Crippen LogP contribution in [-0.2, 0) is 10.8 Å². The maximum absolute atomic E-state index is 4.73. The largest absolute Gasteiger partial charge is 0.256 e. The number of nitrogens with zero attached hydrogens (tertiary/aromatic N) is 1. The summed E-state index contributed by atoms with van der Waals surface area (Å²) in [5, 5.41) is 0. The second-order valence-corrected chi connectivity index (χ2v) is 9.24. The van der Waals surface area contributed by atoms with Crippen molar-refractivity contribution in [3.63, 3.8) is 0 Å². The van der Waals surface area contributed by atoms with Gasteiger partial charge in [0.2, 0.25) is 0 Å². The van der Waals surface area contributed by atoms with E-state index < -0.39 is 0 Å². The van der Waals surface area contributed by atoms with E-state index in [4.69, 9.17) is 4.98 Å². The average Bonchev–Trinajstić information content (AvgIpc) is 2.60. The van der Waals surface area contributed by atoms with Crippen LogP contribution in [0.25, 0.3) is 22.4 Å². The van der Waals surface area contributed by atoms with E-state index in [2.05, 4.69) is 90.9 Å². The molecule has 0 spiro atoms. The summed E-state index contributed by atoms with van der Waals surface area (Å²) in [7, 11) is 0. The van der Waals surface area contributed by atoms with Gasteiger partial charge in [0.05, 0.1) is 5.69 Å². The summed E-state index contributed by atoms with van der Waals surface area (Å²) in [6.45, 7) is 16.0. The van der Waals surface area contributed by atoms with Gasteiger partial charge in [-0.15, -0.1) is 0 Å². The van der Waals surface area contributed by atoms with Crippen LogP contribution in [0, 0.1) is 20.8 Å². The lowest BCUT2D eigenvalue weighted by Gasteiger charge is -2.48. The highest BCUT2D eigenvalue weighted by Crippen LogP contribution is 2.54. The number of hydrogen-bond donors (Lipinski definition) is 0. The van der Waals surface area contributed by atoms with E-state index in [-0.39, 0.29) is 10.8 Å². The van der Waals surface area contributed by atoms with Gasteiger partial charge in [0.15, 0.2) is 0 Å². The molecule has 0 radical (unpaired) electrons. The second-order valence-electron chi connectivity index (χ2n) is 9.24. The molecule has 1 aromatic heterocycles. The van der Waals surface area contributed by atoms with Crippen LogP contribution >= 0.6 is 0 Å². The molecule has 1 heterocycles. The molecule has 0 saturated heterocycles. The van der Waals surface area contributed by atoms with Crippen molar-refractivity contribution in [1.29, 1.82) is 0 Å². The van der Waals surface area contributed by atoms with Crippen LogP contribution in [0.3, 0.4) is 0 Å². The highest BCUT2D eigenvalue weighted by Gasteiger charge is 2.45. The fraction of sp³-hybridized carbons (Fsp3) is 0.346. The summed E-state index contributed by atoms with van der Waals surface area (Å²) in [5.41, 5.74) is 11.8. The Morgan fingerprint density at radius 1 is 0.667 bits per heavy atom. The molecule has 0 N–H and O–H groups in total. The van der Waals surface area contributed by atoms with Gasteiger partial charge >= 0.3 is 0 Å². The molecular formula is C26H29N. The third-order valence-electron chi connectivity index (χ3n) is 6.88. The smallest absolute Gasteiger partial charge is 0.0731 e. The molecule has 0 amide bonds. The Kier molecular flexibility index (Phi) is 3.86. The van der Waals surface area contributed by atoms with E-state index in [1.54, 1.807) is 0 Å². The minimum absolute atomic E-state index is 0.0530. The molecule has 27 heavy (non-hydrogen) atoms. The topological polar surface area (TPSA) is 12.9 Å². The van der Waals surface area contributed by atoms with E-state index in [0.717, 1.165) is 5.69 Å². The predicted octanol–water partition coefficient (Wildman–Crippen LogP) is 6.91. The molecule has 0 saturated carbocycles. The zero-order valence-electron chi connectivity index (χ0n) is 17.6. The number of benzene rings is 2. The molecule has 2 aromatic carbocycles. The summed E-state index contributed by atoms with van der Waals surface area (Å²) in [6, 6.07) is 16.1. The van der Waals surface area contributed by atoms with Crippen LogP contribution in [0.4, 0.5) is 0 Å². The van der Waals surface area contributed by atoms with Gasteiger partial charge in [-0.05, 0) is 71.0 Å². The number of pyridine rings is 1. The first kappa shape index (κ1) is 18.0. The molecule has 1 aliphatic carbocycles. The molecule has 0 fully saturated rings. The van der Waals surface area contributed by atoms with E-state index in [1.807, 2.05) is 6.20 Å². The molecule has 3 aromatic rings. The molecule has 0 atom stereocenters. The molecule has 1 heteroatoms. The SMILES string of the molecule is Cc1cnc(-c2ccc3c(c2)-c2ccc(C)cc2C(C)(C)C3(C)C)c(C)c1. The van der Waals surface area contributed by atoms with Crippen molar-refractivity contribution < 1.29 is 0 Å². The van der Waals surface area contributed by atoms with Gasteiger partial charge in [0.1, 0.15) is 0 Å². The Morgan fingerprint density at radius 3 is 2.07 bits per heavy atom. The maximum atomic E-state index is 4.73. The third-order valence-corrected chi connectivity index (χ3v) is 6.88. The van der Waals surface area contributed by atoms with Crippen molar-refractivity contribution in [3.05, 3.63) is 76.5 Å². The molecule has 0 aliphatic heterocycles. The number of rotatable bonds is 1. The average molecular weight is 356 g/mol. The van der Waals surface area contributed by atoms with E-state index in [1.165, 1.54) is 44.5 Å². The second kappa shape index (κ2) is 5.79. The van der Waals surface area contributed by atoms with Gasteiger partial charge < -0.3 is 0 Å². The first-order chi connectivity index (χ1) is 12.6. The summed E-state index contributed by atoms with van der Waals surface area (Å²) in [5.74, 6) is 0. The summed E-state index contributed by atoms with van der Waals surface area (Å²) < 4.78 is 0. The molecular weight excluding hydrogens is 326 g/mol. The molecule has 1 aliphatic rings. The Labute approximate surface area is 163 Å². The number of aryl methyl sites for hydroxylation is 3. The van der Waals surface area contributed by atoms with Gasteiger partial charge in [0.25, 0.3) is 0 Å². The van der Waals surface area contributed by atoms with Crippen molar-refractivity contribution in [1.82, 2.24) is 4.98 Å². The standard InChI is InChI=1S/C26H29N/c1-16-8-10-20-21-14-19(24-18(3)12-17(2)15-27-24)9-11-22(21)25(4,5)26(6,7)23(20)13-16/h8-15H,1-7H3. The monoisotopic (exact) mass is 355 g/mol. The summed E-state index contributed by atoms with van der Waals surface area (Å²) in [6.07, 6.45) is 1.96. The zero-order chi connectivity index (χ0) is 19.6. The lowest BCUT2D eigenvalue weighted by molar-refractivity contribution is 0.299. The van der Waals surface area contributed by atoms with Crippen molar-refractivity contribution in [2.24, 2.45) is 0 Å². The lowest BCUT2D eigenvalue weighted by atomic mass is 9.55. The van der Waals surface area contributed by atoms with E-state index in [9.17, 15) is 0 Å². The van der Waals surface area contributed by atoms with Crippen LogP contribution in [0.1, 0.15) is 55.5 Å². The normalized spacial score (nSPS) is 16.6. The van der Waals surface area contributed by atoms with Crippen LogP contribution in [0.5, 0.6) is 0 Å². The Hall–Kier alpha value is -2.41. The van der Waals surface area contributed by atoms with Gasteiger partial charge in [0, 0.05) is 11.8 Å². The third kappa shape index (κ3) is 2.56. The Balaban J connectivity index is 2.00. The Morgan fingerprint density at radius 2 is 1.37 bits per heavy atom. The zero-order valence-corrected chi connectivity index (χ0v) is 17.6. The fourth-order valence-corrected chi connectivity index (χ4v) is 4.56. The quantitative estimate of drug-likeness (QED) is 0.462. The molecule has 1 nitrogen and oxygen atoms in total. The van der Waals surface area contributed by atoms with Gasteiger partial charge in [-0.1, -0.05) is 69.7 Å². The van der Waals surface area contributed by atoms with Crippen LogP contribution < -0.4 is 0 Å². The first-order valence-corrected chi connectivity index (χ1v) is 9.82. The lowest BCUT2D eigenvalue weighted by Crippen LogP contribution is -2.43. The van der Waals surface area contributed by atoms with Crippen molar-refractivity contribution in [2.45, 2.75) is 59.3 Å². The maximum Gasteiger partial charge on any atom is 0.0731 e. The molecule has 4 rings (SSSR count). The molecule has 138 valence electrons. The van der Waals surface area contributed by atoms with E-state index >= 15 is 0 Å². The van der Waals surface area contributed by atoms with Crippen LogP contribution in [0.15, 0.2) is 48.7 Å². The van der Waals surface area contributed by atoms with Crippen LogP contribution in [-0.4, -0.2) is 4.98 Å². The number of aromatic nitrogens is 1. The van der Waals surface area contributed by atoms with Crippen molar-refractivity contribution in [2.75, 3.05) is 0 Å². The highest BCUT2D eigenvalue weighted by molar-refractivity contribution is 5.82. The van der Waals surface area contributed by atoms with Gasteiger partial charge in [-0.3, -0.25) is 4.98 Å². The minimum Gasteiger partial charge on any atom is -0.256 e. The summed E-state index contributed by atoms with van der Waals surface area (Å²) >= 11 is 0. The Bertz CT molecular complexity index is 1050. The first-order valence-electron chi connectivity index (χ1n) is 9.82. The molecule has 0 unspecified atom stereocenters. The van der Waals surface area contributed by atoms with Gasteiger partial charge in [-0.25, -0.2) is 0 Å². The van der Waals surface area contributed by atoms with Crippen molar-refractivity contribution >= 4 is 0 Å². The van der Waals surface area contributed by atoms with E-state index in [0.29, 0.717) is 0 Å². The fourth-order valence-electron chi connectivity index (χ4n) is 4.56. The highest BCUT2D eigenvalue weighted by atomic mass is 14.7. The predicted molar refractivity (Wildman–Crippen MR) is 115 cm³/mol. The van der Waals surface area contributed by atoms with Gasteiger partial charge in [-0.2, -0.15) is 0 Å². The minimum atomic E-state index is 0.0530. The summed E-state index contributed by atoms with van der Waals surface area (Å²) in [4.78, 5) is 4.73. The van der Waals surface area contributed by atoms with Crippen LogP contribution in [0.2, 0.25) is 0 Å². The number of hydrogen-bond acceptors (Lipinski definition) is 1. The molecule has 0 bridgehead atoms.